The van der Waals surface area contributed by atoms with Crippen LogP contribution in [0.2, 0.25) is 0 Å². The monoisotopic (exact) mass is 270 g/mol. The minimum absolute atomic E-state index is 0.717. The molecule has 0 saturated carbocycles. The third-order valence-electron chi connectivity index (χ3n) is 4.90. The predicted molar refractivity (Wildman–Crippen MR) is 86.8 cm³/mol. The summed E-state index contributed by atoms with van der Waals surface area (Å²) >= 11 is 0. The highest BCUT2D eigenvalue weighted by atomic mass is 15.1. The zero-order valence-corrected chi connectivity index (χ0v) is 12.6. The zero-order valence-electron chi connectivity index (χ0n) is 12.6. The smallest absolute Gasteiger partial charge is 0.0390 e. The molecule has 1 saturated heterocycles. The van der Waals surface area contributed by atoms with Crippen LogP contribution in [0.25, 0.3) is 5.57 Å². The number of anilines is 1. The van der Waals surface area contributed by atoms with Crippen molar-refractivity contribution in [3.8, 4) is 0 Å². The third kappa shape index (κ3) is 2.90. The van der Waals surface area contributed by atoms with E-state index in [1.165, 1.54) is 68.3 Å². The van der Waals surface area contributed by atoms with Crippen LogP contribution in [0.5, 0.6) is 0 Å². The summed E-state index contributed by atoms with van der Waals surface area (Å²) in [6, 6.07) is 6.75. The molecule has 20 heavy (non-hydrogen) atoms. The number of nitrogen functional groups attached to an aromatic ring is 1. The Morgan fingerprint density at radius 1 is 1.15 bits per heavy atom. The van der Waals surface area contributed by atoms with Crippen LogP contribution in [0.1, 0.15) is 55.6 Å². The van der Waals surface area contributed by atoms with E-state index >= 15 is 0 Å². The van der Waals surface area contributed by atoms with E-state index < -0.39 is 0 Å². The molecule has 0 bridgehead atoms. The molecule has 1 fully saturated rings. The number of nitrogens with two attached hydrogens (primary N) is 1. The molecule has 2 aliphatic rings. The van der Waals surface area contributed by atoms with E-state index in [1.54, 1.807) is 0 Å². The second-order valence-electron chi connectivity index (χ2n) is 6.40. The number of allylic oxidation sites excluding steroid dienone is 2. The van der Waals surface area contributed by atoms with E-state index in [4.69, 9.17) is 5.73 Å². The summed E-state index contributed by atoms with van der Waals surface area (Å²) in [6.45, 7) is 2.43. The Balaban J connectivity index is 1.84. The van der Waals surface area contributed by atoms with Gasteiger partial charge in [0.05, 0.1) is 0 Å². The molecule has 2 heteroatoms. The molecule has 0 atom stereocenters. The number of nitrogens with zero attached hydrogens (tertiary/aromatic N) is 1. The van der Waals surface area contributed by atoms with E-state index in [2.05, 4.69) is 36.2 Å². The minimum Gasteiger partial charge on any atom is -0.398 e. The van der Waals surface area contributed by atoms with Crippen molar-refractivity contribution in [1.29, 1.82) is 0 Å². The highest BCUT2D eigenvalue weighted by Gasteiger charge is 2.19. The first-order valence-corrected chi connectivity index (χ1v) is 8.01. The van der Waals surface area contributed by atoms with Gasteiger partial charge in [0.1, 0.15) is 0 Å². The number of hydrogen-bond acceptors (Lipinski definition) is 2. The Labute approximate surface area is 122 Å². The number of hydrogen-bond donors (Lipinski definition) is 1. The molecule has 1 heterocycles. The Morgan fingerprint density at radius 3 is 2.65 bits per heavy atom. The number of likely N-dealkylation sites (tertiary alicyclic amines) is 1. The second-order valence-corrected chi connectivity index (χ2v) is 6.40. The largest absolute Gasteiger partial charge is 0.398 e. The number of piperidine rings is 1. The van der Waals surface area contributed by atoms with Gasteiger partial charge < -0.3 is 10.6 Å². The van der Waals surface area contributed by atoms with Crippen LogP contribution in [-0.4, -0.2) is 25.0 Å². The minimum atomic E-state index is 0.717. The van der Waals surface area contributed by atoms with E-state index in [-0.39, 0.29) is 0 Å². The molecule has 0 radical (unpaired) electrons. The quantitative estimate of drug-likeness (QED) is 0.822. The van der Waals surface area contributed by atoms with E-state index in [0.29, 0.717) is 0 Å². The molecule has 0 amide bonds. The Kier molecular flexibility index (Phi) is 4.11. The highest BCUT2D eigenvalue weighted by Crippen LogP contribution is 2.35. The van der Waals surface area contributed by atoms with Crippen LogP contribution < -0.4 is 5.73 Å². The summed E-state index contributed by atoms with van der Waals surface area (Å²) in [4.78, 5) is 2.43. The third-order valence-corrected chi connectivity index (χ3v) is 4.90. The van der Waals surface area contributed by atoms with Crippen LogP contribution in [0.15, 0.2) is 24.3 Å². The lowest BCUT2D eigenvalue weighted by molar-refractivity contribution is 0.255. The van der Waals surface area contributed by atoms with Gasteiger partial charge in [0, 0.05) is 11.3 Å². The SMILES string of the molecule is CN1CCC(c2ccc(N)c(C3=CCCCC3)c2)CC1. The first kappa shape index (κ1) is 13.7. The molecule has 0 aromatic heterocycles. The first-order valence-electron chi connectivity index (χ1n) is 8.01. The highest BCUT2D eigenvalue weighted by molar-refractivity contribution is 5.76. The van der Waals surface area contributed by atoms with Crippen LogP contribution in [0, 0.1) is 0 Å². The first-order chi connectivity index (χ1) is 9.74. The fourth-order valence-corrected chi connectivity index (χ4v) is 3.53. The van der Waals surface area contributed by atoms with Crippen molar-refractivity contribution < 1.29 is 0 Å². The van der Waals surface area contributed by atoms with Crippen LogP contribution in [-0.2, 0) is 0 Å². The summed E-state index contributed by atoms with van der Waals surface area (Å²) in [5.41, 5.74) is 11.5. The zero-order chi connectivity index (χ0) is 13.9. The molecule has 2 N–H and O–H groups in total. The van der Waals surface area contributed by atoms with Gasteiger partial charge in [-0.3, -0.25) is 0 Å². The molecule has 3 rings (SSSR count). The molecule has 108 valence electrons. The number of rotatable bonds is 2. The average Bonchev–Trinajstić information content (AvgIpc) is 2.50. The molecule has 1 aromatic rings. The molecule has 2 nitrogen and oxygen atoms in total. The Bertz CT molecular complexity index is 496. The van der Waals surface area contributed by atoms with E-state index in [0.717, 1.165) is 11.6 Å². The second kappa shape index (κ2) is 6.01. The summed E-state index contributed by atoms with van der Waals surface area (Å²) in [7, 11) is 2.22. The molecular formula is C18H26N2. The van der Waals surface area contributed by atoms with Crippen molar-refractivity contribution >= 4 is 11.3 Å². The molecule has 1 aliphatic heterocycles. The van der Waals surface area contributed by atoms with Gasteiger partial charge in [-0.05, 0) is 87.8 Å². The van der Waals surface area contributed by atoms with Gasteiger partial charge in [0.15, 0.2) is 0 Å². The van der Waals surface area contributed by atoms with Crippen molar-refractivity contribution in [2.45, 2.75) is 44.4 Å². The molecular weight excluding hydrogens is 244 g/mol. The van der Waals surface area contributed by atoms with Crippen molar-refractivity contribution in [3.63, 3.8) is 0 Å². The summed E-state index contributed by atoms with van der Waals surface area (Å²) in [6.07, 6.45) is 10.0. The summed E-state index contributed by atoms with van der Waals surface area (Å²) in [5, 5.41) is 0. The Morgan fingerprint density at radius 2 is 1.95 bits per heavy atom. The number of benzene rings is 1. The molecule has 0 spiro atoms. The van der Waals surface area contributed by atoms with Crippen molar-refractivity contribution in [2.24, 2.45) is 0 Å². The topological polar surface area (TPSA) is 29.3 Å². The maximum atomic E-state index is 6.22. The normalized spacial score (nSPS) is 21.8. The lowest BCUT2D eigenvalue weighted by Gasteiger charge is -2.29. The standard InChI is InChI=1S/C18H26N2/c1-20-11-9-14(10-12-20)16-7-8-18(19)17(13-16)15-5-3-2-4-6-15/h5,7-8,13-14H,2-4,6,9-12,19H2,1H3. The fraction of sp³-hybridized carbons (Fsp3) is 0.556. The van der Waals surface area contributed by atoms with Crippen LogP contribution in [0.4, 0.5) is 5.69 Å². The predicted octanol–water partition coefficient (Wildman–Crippen LogP) is 4.04. The maximum Gasteiger partial charge on any atom is 0.0390 e. The average molecular weight is 270 g/mol. The van der Waals surface area contributed by atoms with E-state index in [9.17, 15) is 0 Å². The van der Waals surface area contributed by atoms with Gasteiger partial charge in [0.25, 0.3) is 0 Å². The molecule has 0 unspecified atom stereocenters. The molecule has 1 aliphatic carbocycles. The van der Waals surface area contributed by atoms with Gasteiger partial charge in [-0.1, -0.05) is 12.1 Å². The fourth-order valence-electron chi connectivity index (χ4n) is 3.53. The maximum absolute atomic E-state index is 6.22. The lowest BCUT2D eigenvalue weighted by Crippen LogP contribution is -2.29. The van der Waals surface area contributed by atoms with Crippen LogP contribution >= 0.6 is 0 Å². The van der Waals surface area contributed by atoms with Crippen LogP contribution in [0.3, 0.4) is 0 Å². The van der Waals surface area contributed by atoms with Gasteiger partial charge >= 0.3 is 0 Å². The summed E-state index contributed by atoms with van der Waals surface area (Å²) < 4.78 is 0. The van der Waals surface area contributed by atoms with Crippen molar-refractivity contribution in [3.05, 3.63) is 35.4 Å². The van der Waals surface area contributed by atoms with Gasteiger partial charge in [0.2, 0.25) is 0 Å². The van der Waals surface area contributed by atoms with Gasteiger partial charge in [-0.15, -0.1) is 0 Å². The van der Waals surface area contributed by atoms with Crippen molar-refractivity contribution in [1.82, 2.24) is 4.90 Å². The summed E-state index contributed by atoms with van der Waals surface area (Å²) in [5.74, 6) is 0.717. The van der Waals surface area contributed by atoms with E-state index in [1.807, 2.05) is 0 Å². The van der Waals surface area contributed by atoms with Crippen molar-refractivity contribution in [2.75, 3.05) is 25.9 Å². The molecule has 1 aromatic carbocycles. The Hall–Kier alpha value is -1.28. The lowest BCUT2D eigenvalue weighted by atomic mass is 9.85. The van der Waals surface area contributed by atoms with Gasteiger partial charge in [-0.2, -0.15) is 0 Å². The van der Waals surface area contributed by atoms with Gasteiger partial charge in [-0.25, -0.2) is 0 Å².